The van der Waals surface area contributed by atoms with Crippen molar-refractivity contribution in [2.24, 2.45) is 0 Å². The smallest absolute Gasteiger partial charge is 0.265 e. The Morgan fingerprint density at radius 1 is 1.50 bits per heavy atom. The van der Waals surface area contributed by atoms with E-state index in [1.165, 1.54) is 0 Å². The number of hydrogen-bond acceptors (Lipinski definition) is 3. The molecule has 12 heavy (non-hydrogen) atoms. The van der Waals surface area contributed by atoms with Gasteiger partial charge in [0.2, 0.25) is 0 Å². The number of benzene rings is 1. The summed E-state index contributed by atoms with van der Waals surface area (Å²) < 4.78 is 5.19. The largest absolute Gasteiger partial charge is 0.431 e. The van der Waals surface area contributed by atoms with E-state index in [0.29, 0.717) is 4.80 Å². The monoisotopic (exact) mass is 227 g/mol. The lowest BCUT2D eigenvalue weighted by molar-refractivity contribution is 0.282. The van der Waals surface area contributed by atoms with Crippen molar-refractivity contribution < 1.29 is 9.52 Å². The Morgan fingerprint density at radius 2 is 2.33 bits per heavy atom. The van der Waals surface area contributed by atoms with Crippen LogP contribution in [0.25, 0.3) is 11.1 Å². The van der Waals surface area contributed by atoms with Crippen LogP contribution in [0, 0.1) is 0 Å². The van der Waals surface area contributed by atoms with Crippen molar-refractivity contribution in [3.63, 3.8) is 0 Å². The lowest BCUT2D eigenvalue weighted by atomic mass is 10.2. The highest BCUT2D eigenvalue weighted by molar-refractivity contribution is 9.10. The molecule has 4 heteroatoms. The molecule has 0 atom stereocenters. The minimum absolute atomic E-state index is 0.0282. The van der Waals surface area contributed by atoms with Crippen molar-refractivity contribution >= 4 is 27.0 Å². The van der Waals surface area contributed by atoms with E-state index in [2.05, 4.69) is 20.9 Å². The summed E-state index contributed by atoms with van der Waals surface area (Å²) in [6.45, 7) is 0.0282. The van der Waals surface area contributed by atoms with Crippen LogP contribution in [0.3, 0.4) is 0 Å². The maximum Gasteiger partial charge on any atom is 0.265 e. The first-order valence-corrected chi connectivity index (χ1v) is 4.25. The van der Waals surface area contributed by atoms with Crippen LogP contribution in [0.1, 0.15) is 5.56 Å². The van der Waals surface area contributed by atoms with Crippen molar-refractivity contribution in [2.75, 3.05) is 0 Å². The number of halogens is 1. The van der Waals surface area contributed by atoms with Crippen LogP contribution < -0.4 is 0 Å². The fourth-order valence-corrected chi connectivity index (χ4v) is 1.41. The van der Waals surface area contributed by atoms with Gasteiger partial charge in [-0.1, -0.05) is 6.07 Å². The van der Waals surface area contributed by atoms with E-state index in [0.717, 1.165) is 16.7 Å². The molecule has 2 rings (SSSR count). The van der Waals surface area contributed by atoms with Crippen LogP contribution in [0.4, 0.5) is 0 Å². The molecule has 1 heterocycles. The number of aliphatic hydroxyl groups excluding tert-OH is 1. The summed E-state index contributed by atoms with van der Waals surface area (Å²) in [5.41, 5.74) is 2.32. The fourth-order valence-electron chi connectivity index (χ4n) is 1.04. The zero-order chi connectivity index (χ0) is 8.55. The van der Waals surface area contributed by atoms with Gasteiger partial charge in [0.15, 0.2) is 5.58 Å². The second kappa shape index (κ2) is 2.88. The zero-order valence-corrected chi connectivity index (χ0v) is 7.71. The summed E-state index contributed by atoms with van der Waals surface area (Å²) in [6.07, 6.45) is 0. The third-order valence-corrected chi connectivity index (χ3v) is 1.95. The first kappa shape index (κ1) is 7.76. The van der Waals surface area contributed by atoms with Gasteiger partial charge in [-0.3, -0.25) is 0 Å². The molecule has 0 amide bonds. The third kappa shape index (κ3) is 1.23. The van der Waals surface area contributed by atoms with Gasteiger partial charge >= 0.3 is 0 Å². The molecule has 1 aromatic carbocycles. The van der Waals surface area contributed by atoms with Gasteiger partial charge in [0.25, 0.3) is 4.80 Å². The topological polar surface area (TPSA) is 46.3 Å². The molecule has 0 saturated carbocycles. The highest BCUT2D eigenvalue weighted by Gasteiger charge is 2.02. The number of nitrogens with zero attached hydrogens (tertiary/aromatic N) is 1. The van der Waals surface area contributed by atoms with Gasteiger partial charge in [-0.05, 0) is 17.7 Å². The van der Waals surface area contributed by atoms with Gasteiger partial charge in [0.1, 0.15) is 5.52 Å². The number of aromatic nitrogens is 1. The maximum absolute atomic E-state index is 8.83. The average Bonchev–Trinajstić information content (AvgIpc) is 2.43. The highest BCUT2D eigenvalue weighted by atomic mass is 79.9. The molecular formula is C8H6BrNO2. The Labute approximate surface area is 77.2 Å². The summed E-state index contributed by atoms with van der Waals surface area (Å²) in [4.78, 5) is 4.53. The molecule has 0 saturated heterocycles. The average molecular weight is 228 g/mol. The first-order chi connectivity index (χ1) is 5.79. The van der Waals surface area contributed by atoms with Gasteiger partial charge in [0, 0.05) is 15.9 Å². The first-order valence-electron chi connectivity index (χ1n) is 3.45. The Morgan fingerprint density at radius 3 is 3.08 bits per heavy atom. The second-order valence-corrected chi connectivity index (χ2v) is 3.11. The molecule has 1 N–H and O–H groups in total. The van der Waals surface area contributed by atoms with E-state index >= 15 is 0 Å². The van der Waals surface area contributed by atoms with Crippen molar-refractivity contribution in [1.29, 1.82) is 0 Å². The molecule has 1 aromatic heterocycles. The third-order valence-electron chi connectivity index (χ3n) is 1.61. The summed E-state index contributed by atoms with van der Waals surface area (Å²) >= 11 is 3.13. The molecule has 0 unspecified atom stereocenters. The van der Waals surface area contributed by atoms with Crippen molar-refractivity contribution in [3.05, 3.63) is 28.6 Å². The number of oxazole rings is 1. The fraction of sp³-hybridized carbons (Fsp3) is 0.125. The standard InChI is InChI=1S/C8H6BrNO2/c9-8-10-6-3-5(4-11)1-2-7(6)12-8/h1-3,11H,4H2. The lowest BCUT2D eigenvalue weighted by Crippen LogP contribution is -1.80. The molecule has 2 aromatic rings. The number of fused-ring (bicyclic) bond motifs is 1. The number of hydrogen-bond donors (Lipinski definition) is 1. The molecule has 0 spiro atoms. The molecule has 62 valence electrons. The molecule has 0 fully saturated rings. The van der Waals surface area contributed by atoms with E-state index < -0.39 is 0 Å². The van der Waals surface area contributed by atoms with Crippen LogP contribution in [0.2, 0.25) is 0 Å². The van der Waals surface area contributed by atoms with E-state index in [4.69, 9.17) is 9.52 Å². The Balaban J connectivity index is 2.66. The van der Waals surface area contributed by atoms with E-state index in [1.54, 1.807) is 18.2 Å². The molecular weight excluding hydrogens is 222 g/mol. The quantitative estimate of drug-likeness (QED) is 0.812. The van der Waals surface area contributed by atoms with Crippen molar-refractivity contribution in [1.82, 2.24) is 4.98 Å². The van der Waals surface area contributed by atoms with E-state index in [-0.39, 0.29) is 6.61 Å². The molecule has 0 aliphatic rings. The summed E-state index contributed by atoms with van der Waals surface area (Å²) in [5.74, 6) is 0. The molecule has 3 nitrogen and oxygen atoms in total. The molecule has 0 bridgehead atoms. The van der Waals surface area contributed by atoms with Crippen LogP contribution in [-0.4, -0.2) is 10.1 Å². The minimum atomic E-state index is 0.0282. The van der Waals surface area contributed by atoms with Crippen LogP contribution in [-0.2, 0) is 6.61 Å². The van der Waals surface area contributed by atoms with E-state index in [1.807, 2.05) is 0 Å². The summed E-state index contributed by atoms with van der Waals surface area (Å²) in [7, 11) is 0. The van der Waals surface area contributed by atoms with Gasteiger partial charge in [-0.25, -0.2) is 4.98 Å². The predicted molar refractivity (Wildman–Crippen MR) is 47.6 cm³/mol. The van der Waals surface area contributed by atoms with Gasteiger partial charge in [0.05, 0.1) is 6.61 Å². The second-order valence-electron chi connectivity index (χ2n) is 2.43. The number of rotatable bonds is 1. The molecule has 0 aliphatic heterocycles. The summed E-state index contributed by atoms with van der Waals surface area (Å²) in [6, 6.07) is 5.39. The van der Waals surface area contributed by atoms with Gasteiger partial charge in [-0.15, -0.1) is 0 Å². The molecule has 0 aliphatic carbocycles. The Kier molecular flexibility index (Phi) is 1.86. The zero-order valence-electron chi connectivity index (χ0n) is 6.12. The maximum atomic E-state index is 8.83. The predicted octanol–water partition coefficient (Wildman–Crippen LogP) is 2.08. The van der Waals surface area contributed by atoms with Gasteiger partial charge < -0.3 is 9.52 Å². The molecule has 0 radical (unpaired) electrons. The SMILES string of the molecule is OCc1ccc2oc(Br)nc2c1. The van der Waals surface area contributed by atoms with Crippen molar-refractivity contribution in [3.8, 4) is 0 Å². The Hall–Kier alpha value is -0.870. The highest BCUT2D eigenvalue weighted by Crippen LogP contribution is 2.20. The van der Waals surface area contributed by atoms with Crippen LogP contribution in [0.15, 0.2) is 27.4 Å². The minimum Gasteiger partial charge on any atom is -0.431 e. The lowest BCUT2D eigenvalue weighted by Gasteiger charge is -1.92. The van der Waals surface area contributed by atoms with E-state index in [9.17, 15) is 0 Å². The van der Waals surface area contributed by atoms with Crippen molar-refractivity contribution in [2.45, 2.75) is 6.61 Å². The van der Waals surface area contributed by atoms with Gasteiger partial charge in [-0.2, -0.15) is 0 Å². The van der Waals surface area contributed by atoms with Crippen LogP contribution >= 0.6 is 15.9 Å². The summed E-state index contributed by atoms with van der Waals surface area (Å²) in [5, 5.41) is 8.83. The number of aliphatic hydroxyl groups is 1. The van der Waals surface area contributed by atoms with Crippen LogP contribution in [0.5, 0.6) is 0 Å². The normalized spacial score (nSPS) is 10.8. The Bertz CT molecular complexity index is 410.